The van der Waals surface area contributed by atoms with E-state index in [0.717, 1.165) is 29.8 Å². The van der Waals surface area contributed by atoms with Crippen molar-refractivity contribution in [1.29, 1.82) is 0 Å². The van der Waals surface area contributed by atoms with Crippen LogP contribution in [0.2, 0.25) is 0 Å². The third-order valence-corrected chi connectivity index (χ3v) is 5.42. The third-order valence-electron chi connectivity index (χ3n) is 5.42. The lowest BCUT2D eigenvalue weighted by atomic mass is 10.0. The number of nitrogens with one attached hydrogen (secondary N) is 1. The molecule has 0 radical (unpaired) electrons. The van der Waals surface area contributed by atoms with Gasteiger partial charge < -0.3 is 20.3 Å². The lowest BCUT2D eigenvalue weighted by Crippen LogP contribution is -2.35. The SMILES string of the molecule is CS(=O)(=O)O.O=C(Nc1cc(-c2ccccc2)ccc1C(=O)O)c1cc(CN2CCOCC2)ccc1O. The van der Waals surface area contributed by atoms with Gasteiger partial charge in [0.1, 0.15) is 5.75 Å². The van der Waals surface area contributed by atoms with Crippen molar-refractivity contribution in [1.82, 2.24) is 4.90 Å². The minimum Gasteiger partial charge on any atom is -0.507 e. The molecule has 4 rings (SSSR count). The van der Waals surface area contributed by atoms with E-state index in [0.29, 0.717) is 26.0 Å². The molecule has 3 aromatic rings. The maximum atomic E-state index is 13.0. The van der Waals surface area contributed by atoms with Crippen LogP contribution in [0, 0.1) is 0 Å². The van der Waals surface area contributed by atoms with Crippen LogP contribution < -0.4 is 5.32 Å². The smallest absolute Gasteiger partial charge is 0.337 e. The second kappa shape index (κ2) is 12.5. The standard InChI is InChI=1S/C25H24N2O5.CH4O3S/c28-23-9-6-17(16-27-10-12-32-13-11-27)14-21(23)24(29)26-22-15-19(7-8-20(22)25(30)31)18-4-2-1-3-5-18;1-5(2,3)4/h1-9,14-15,28H,10-13,16H2,(H,26,29)(H,30,31);1H3,(H,2,3,4). The fraction of sp³-hybridized carbons (Fsp3) is 0.231. The van der Waals surface area contributed by atoms with Crippen LogP contribution in [-0.2, 0) is 21.4 Å². The van der Waals surface area contributed by atoms with Crippen molar-refractivity contribution in [3.05, 3.63) is 83.4 Å². The Labute approximate surface area is 214 Å². The summed E-state index contributed by atoms with van der Waals surface area (Å²) in [7, 11) is -3.67. The van der Waals surface area contributed by atoms with E-state index in [2.05, 4.69) is 10.2 Å². The Kier molecular flexibility index (Phi) is 9.36. The molecule has 1 heterocycles. The molecule has 1 amide bonds. The van der Waals surface area contributed by atoms with E-state index in [-0.39, 0.29) is 22.6 Å². The minimum absolute atomic E-state index is 0.0259. The van der Waals surface area contributed by atoms with Gasteiger partial charge in [0.25, 0.3) is 16.0 Å². The maximum Gasteiger partial charge on any atom is 0.337 e. The van der Waals surface area contributed by atoms with Gasteiger partial charge in [0, 0.05) is 19.6 Å². The quantitative estimate of drug-likeness (QED) is 0.353. The number of phenolic OH excluding ortho intramolecular Hbond substituents is 1. The van der Waals surface area contributed by atoms with Crippen LogP contribution in [-0.4, -0.2) is 72.5 Å². The van der Waals surface area contributed by atoms with Crippen molar-refractivity contribution < 1.29 is 37.5 Å². The summed E-state index contributed by atoms with van der Waals surface area (Å²) in [5.41, 5.74) is 2.79. The van der Waals surface area contributed by atoms with Crippen molar-refractivity contribution >= 4 is 27.7 Å². The molecule has 0 atom stereocenters. The fourth-order valence-electron chi connectivity index (χ4n) is 3.71. The van der Waals surface area contributed by atoms with Gasteiger partial charge in [-0.25, -0.2) is 4.79 Å². The highest BCUT2D eigenvalue weighted by atomic mass is 32.2. The van der Waals surface area contributed by atoms with Crippen molar-refractivity contribution in [2.45, 2.75) is 6.54 Å². The van der Waals surface area contributed by atoms with Gasteiger partial charge in [0.15, 0.2) is 0 Å². The maximum absolute atomic E-state index is 13.0. The Hall–Kier alpha value is -3.77. The van der Waals surface area contributed by atoms with Crippen LogP contribution in [0.1, 0.15) is 26.3 Å². The number of hydrogen-bond acceptors (Lipinski definition) is 7. The fourth-order valence-corrected chi connectivity index (χ4v) is 3.71. The normalized spacial score (nSPS) is 13.8. The van der Waals surface area contributed by atoms with Crippen molar-refractivity contribution in [3.8, 4) is 16.9 Å². The highest BCUT2D eigenvalue weighted by Gasteiger charge is 2.18. The second-order valence-electron chi connectivity index (χ2n) is 8.36. The van der Waals surface area contributed by atoms with Crippen LogP contribution in [0.15, 0.2) is 66.7 Å². The first-order valence-corrected chi connectivity index (χ1v) is 13.1. The van der Waals surface area contributed by atoms with E-state index < -0.39 is 22.0 Å². The van der Waals surface area contributed by atoms with Gasteiger partial charge in [0.2, 0.25) is 0 Å². The Bertz CT molecular complexity index is 1350. The molecule has 4 N–H and O–H groups in total. The van der Waals surface area contributed by atoms with Crippen LogP contribution in [0.3, 0.4) is 0 Å². The predicted molar refractivity (Wildman–Crippen MR) is 138 cm³/mol. The zero-order chi connectivity index (χ0) is 27.0. The number of hydrogen-bond donors (Lipinski definition) is 4. The van der Waals surface area contributed by atoms with Crippen molar-refractivity contribution in [2.24, 2.45) is 0 Å². The van der Waals surface area contributed by atoms with Crippen LogP contribution in [0.25, 0.3) is 11.1 Å². The Morgan fingerprint density at radius 3 is 2.22 bits per heavy atom. The van der Waals surface area contributed by atoms with Crippen LogP contribution in [0.4, 0.5) is 5.69 Å². The third kappa shape index (κ3) is 8.69. The number of carbonyl (C=O) groups excluding carboxylic acids is 1. The molecule has 10 nitrogen and oxygen atoms in total. The van der Waals surface area contributed by atoms with Gasteiger partial charge in [-0.3, -0.25) is 14.2 Å². The summed E-state index contributed by atoms with van der Waals surface area (Å²) in [4.78, 5) is 26.9. The number of anilines is 1. The number of rotatable bonds is 6. The van der Waals surface area contributed by atoms with Crippen molar-refractivity contribution in [2.75, 3.05) is 37.9 Å². The highest BCUT2D eigenvalue weighted by molar-refractivity contribution is 7.85. The number of carboxylic acids is 1. The second-order valence-corrected chi connectivity index (χ2v) is 9.82. The van der Waals surface area contributed by atoms with Gasteiger partial charge in [-0.1, -0.05) is 42.5 Å². The lowest BCUT2D eigenvalue weighted by Gasteiger charge is -2.26. The predicted octanol–water partition coefficient (Wildman–Crippen LogP) is 3.35. The van der Waals surface area contributed by atoms with E-state index in [9.17, 15) is 28.2 Å². The van der Waals surface area contributed by atoms with Gasteiger partial charge in [-0.15, -0.1) is 0 Å². The molecule has 0 unspecified atom stereocenters. The van der Waals surface area contributed by atoms with Crippen molar-refractivity contribution in [3.63, 3.8) is 0 Å². The Morgan fingerprint density at radius 2 is 1.59 bits per heavy atom. The van der Waals surface area contributed by atoms with E-state index in [1.807, 2.05) is 30.3 Å². The summed E-state index contributed by atoms with van der Waals surface area (Å²) in [6.45, 7) is 3.57. The Morgan fingerprint density at radius 1 is 0.946 bits per heavy atom. The Balaban J connectivity index is 0.000000695. The summed E-state index contributed by atoms with van der Waals surface area (Å²) in [5, 5.41) is 22.5. The molecule has 196 valence electrons. The number of carboxylic acid groups (broad SMARTS) is 1. The first-order chi connectivity index (χ1) is 17.5. The molecule has 0 spiro atoms. The molecule has 1 aliphatic heterocycles. The summed E-state index contributed by atoms with van der Waals surface area (Å²) < 4.78 is 31.2. The number of benzene rings is 3. The molecule has 1 saturated heterocycles. The van der Waals surface area contributed by atoms with Crippen LogP contribution >= 0.6 is 0 Å². The largest absolute Gasteiger partial charge is 0.507 e. The number of amides is 1. The molecule has 0 saturated carbocycles. The monoisotopic (exact) mass is 528 g/mol. The molecule has 0 aliphatic carbocycles. The first-order valence-electron chi connectivity index (χ1n) is 11.3. The molecule has 0 aromatic heterocycles. The van der Waals surface area contributed by atoms with E-state index in [1.54, 1.807) is 24.3 Å². The molecule has 1 aliphatic rings. The average molecular weight is 529 g/mol. The van der Waals surface area contributed by atoms with Crippen LogP contribution in [0.5, 0.6) is 5.75 Å². The average Bonchev–Trinajstić information content (AvgIpc) is 2.85. The zero-order valence-electron chi connectivity index (χ0n) is 20.1. The number of morpholine rings is 1. The molecule has 0 bridgehead atoms. The highest BCUT2D eigenvalue weighted by Crippen LogP contribution is 2.28. The van der Waals surface area contributed by atoms with E-state index >= 15 is 0 Å². The topological polar surface area (TPSA) is 153 Å². The summed E-state index contributed by atoms with van der Waals surface area (Å²) in [6, 6.07) is 19.2. The lowest BCUT2D eigenvalue weighted by molar-refractivity contribution is 0.0341. The molecule has 3 aromatic carbocycles. The summed E-state index contributed by atoms with van der Waals surface area (Å²) >= 11 is 0. The number of carbonyl (C=O) groups is 2. The van der Waals surface area contributed by atoms with E-state index in [1.165, 1.54) is 12.1 Å². The first kappa shape index (κ1) is 27.8. The molecular weight excluding hydrogens is 500 g/mol. The molecule has 37 heavy (non-hydrogen) atoms. The molecule has 11 heteroatoms. The number of aromatic hydroxyl groups is 1. The summed E-state index contributed by atoms with van der Waals surface area (Å²) in [6.07, 6.45) is 0.715. The number of aromatic carboxylic acids is 1. The number of ether oxygens (including phenoxy) is 1. The number of phenols is 1. The van der Waals surface area contributed by atoms with Gasteiger partial charge in [0.05, 0.1) is 36.3 Å². The van der Waals surface area contributed by atoms with Gasteiger partial charge in [-0.2, -0.15) is 8.42 Å². The van der Waals surface area contributed by atoms with Gasteiger partial charge in [-0.05, 0) is 41.0 Å². The minimum atomic E-state index is -3.67. The van der Waals surface area contributed by atoms with Gasteiger partial charge >= 0.3 is 5.97 Å². The summed E-state index contributed by atoms with van der Waals surface area (Å²) in [5.74, 6) is -1.88. The van der Waals surface area contributed by atoms with E-state index in [4.69, 9.17) is 9.29 Å². The molecule has 1 fully saturated rings. The number of nitrogens with zero attached hydrogens (tertiary/aromatic N) is 1. The molecular formula is C26H28N2O8S. The zero-order valence-corrected chi connectivity index (χ0v) is 20.9.